The Morgan fingerprint density at radius 2 is 1.76 bits per heavy atom. The summed E-state index contributed by atoms with van der Waals surface area (Å²) in [6, 6.07) is 0. The van der Waals surface area contributed by atoms with Gasteiger partial charge < -0.3 is 14.5 Å². The normalized spacial score (nSPS) is 15.1. The summed E-state index contributed by atoms with van der Waals surface area (Å²) in [5.74, 6) is -0.471. The summed E-state index contributed by atoms with van der Waals surface area (Å²) in [5, 5.41) is 0. The molecule has 2 N–H and O–H groups in total. The van der Waals surface area contributed by atoms with Gasteiger partial charge in [-0.2, -0.15) is 0 Å². The van der Waals surface area contributed by atoms with Gasteiger partial charge in [0.05, 0.1) is 12.2 Å². The molecule has 0 spiro atoms. The molecule has 0 radical (unpaired) electrons. The standard InChI is InChI=1S/C10H19O6P/c1-7(2)10(11)15-8(3)5-6-9(4)16-17(12,13)14/h8-9H,1,5-6H2,2-4H3,(H2,12,13,14). The van der Waals surface area contributed by atoms with Crippen LogP contribution in [0.25, 0.3) is 0 Å². The van der Waals surface area contributed by atoms with Crippen LogP contribution in [0.3, 0.4) is 0 Å². The van der Waals surface area contributed by atoms with E-state index in [9.17, 15) is 9.36 Å². The highest BCUT2D eigenvalue weighted by molar-refractivity contribution is 7.46. The number of phosphoric ester groups is 1. The summed E-state index contributed by atoms with van der Waals surface area (Å²) in [5.41, 5.74) is 0.316. The van der Waals surface area contributed by atoms with Crippen molar-refractivity contribution in [2.75, 3.05) is 0 Å². The lowest BCUT2D eigenvalue weighted by Gasteiger charge is -2.17. The number of ether oxygens (including phenoxy) is 1. The minimum absolute atomic E-state index is 0.316. The Bertz CT molecular complexity index is 321. The van der Waals surface area contributed by atoms with E-state index in [0.29, 0.717) is 18.4 Å². The first kappa shape index (κ1) is 16.3. The molecule has 7 heteroatoms. The molecule has 0 aromatic rings. The Labute approximate surface area is 101 Å². The summed E-state index contributed by atoms with van der Waals surface area (Å²) < 4.78 is 20.0. The summed E-state index contributed by atoms with van der Waals surface area (Å²) in [6.07, 6.45) is -0.0977. The molecule has 100 valence electrons. The molecule has 0 saturated heterocycles. The summed E-state index contributed by atoms with van der Waals surface area (Å²) >= 11 is 0. The first-order valence-electron chi connectivity index (χ1n) is 5.22. The molecule has 0 heterocycles. The van der Waals surface area contributed by atoms with Crippen LogP contribution in [0.4, 0.5) is 0 Å². The molecule has 6 nitrogen and oxygen atoms in total. The van der Waals surface area contributed by atoms with Gasteiger partial charge in [-0.15, -0.1) is 0 Å². The molecule has 0 aliphatic rings. The zero-order valence-corrected chi connectivity index (χ0v) is 11.1. The minimum Gasteiger partial charge on any atom is -0.459 e. The van der Waals surface area contributed by atoms with Crippen molar-refractivity contribution in [1.29, 1.82) is 0 Å². The molecule has 0 bridgehead atoms. The Kier molecular flexibility index (Phi) is 6.64. The van der Waals surface area contributed by atoms with Gasteiger partial charge in [0.2, 0.25) is 0 Å². The largest absolute Gasteiger partial charge is 0.469 e. The molecular formula is C10H19O6P. The highest BCUT2D eigenvalue weighted by Crippen LogP contribution is 2.38. The number of carbonyl (C=O) groups is 1. The van der Waals surface area contributed by atoms with Gasteiger partial charge in [0.1, 0.15) is 0 Å². The quantitative estimate of drug-likeness (QED) is 0.414. The first-order chi connectivity index (χ1) is 7.61. The molecule has 0 fully saturated rings. The molecule has 2 unspecified atom stereocenters. The van der Waals surface area contributed by atoms with Gasteiger partial charge in [0, 0.05) is 5.57 Å². The molecule has 17 heavy (non-hydrogen) atoms. The van der Waals surface area contributed by atoms with Crippen LogP contribution < -0.4 is 0 Å². The zero-order chi connectivity index (χ0) is 13.6. The van der Waals surface area contributed by atoms with E-state index in [1.807, 2.05) is 0 Å². The van der Waals surface area contributed by atoms with Gasteiger partial charge in [-0.05, 0) is 33.6 Å². The predicted molar refractivity (Wildman–Crippen MR) is 62.2 cm³/mol. The Morgan fingerprint density at radius 1 is 1.29 bits per heavy atom. The van der Waals surface area contributed by atoms with E-state index in [0.717, 1.165) is 0 Å². The predicted octanol–water partition coefficient (Wildman–Crippen LogP) is 1.77. The maximum absolute atomic E-state index is 11.1. The van der Waals surface area contributed by atoms with Crippen LogP contribution in [0.15, 0.2) is 12.2 Å². The van der Waals surface area contributed by atoms with Crippen LogP contribution >= 0.6 is 7.82 Å². The monoisotopic (exact) mass is 266 g/mol. The average Bonchev–Trinajstić information content (AvgIpc) is 2.11. The molecule has 0 saturated carbocycles. The van der Waals surface area contributed by atoms with E-state index in [-0.39, 0.29) is 6.10 Å². The first-order valence-corrected chi connectivity index (χ1v) is 6.75. The second-order valence-corrected chi connectivity index (χ2v) is 5.17. The van der Waals surface area contributed by atoms with E-state index in [4.69, 9.17) is 14.5 Å². The van der Waals surface area contributed by atoms with Crippen LogP contribution in [0.5, 0.6) is 0 Å². The fourth-order valence-electron chi connectivity index (χ4n) is 1.10. The van der Waals surface area contributed by atoms with Crippen molar-refractivity contribution in [2.24, 2.45) is 0 Å². The van der Waals surface area contributed by atoms with Gasteiger partial charge >= 0.3 is 13.8 Å². The van der Waals surface area contributed by atoms with E-state index in [1.54, 1.807) is 20.8 Å². The van der Waals surface area contributed by atoms with E-state index >= 15 is 0 Å². The maximum Gasteiger partial charge on any atom is 0.469 e. The third-order valence-electron chi connectivity index (χ3n) is 1.95. The lowest BCUT2D eigenvalue weighted by Crippen LogP contribution is -2.17. The van der Waals surface area contributed by atoms with Crippen molar-refractivity contribution in [1.82, 2.24) is 0 Å². The van der Waals surface area contributed by atoms with E-state index < -0.39 is 19.9 Å². The minimum atomic E-state index is -4.45. The molecule has 0 amide bonds. The molecule has 0 aliphatic heterocycles. The molecule has 0 rings (SSSR count). The van der Waals surface area contributed by atoms with Crippen LogP contribution in [-0.4, -0.2) is 28.0 Å². The molecular weight excluding hydrogens is 247 g/mol. The molecule has 0 aliphatic carbocycles. The van der Waals surface area contributed by atoms with Crippen molar-refractivity contribution in [3.63, 3.8) is 0 Å². The SMILES string of the molecule is C=C(C)C(=O)OC(C)CCC(C)OP(=O)(O)O. The van der Waals surface area contributed by atoms with E-state index in [2.05, 4.69) is 11.1 Å². The lowest BCUT2D eigenvalue weighted by atomic mass is 10.1. The maximum atomic E-state index is 11.1. The van der Waals surface area contributed by atoms with Crippen LogP contribution in [0.2, 0.25) is 0 Å². The number of carbonyl (C=O) groups excluding carboxylic acids is 1. The number of hydrogen-bond acceptors (Lipinski definition) is 4. The highest BCUT2D eigenvalue weighted by atomic mass is 31.2. The number of phosphoric acid groups is 1. The Balaban J connectivity index is 3.92. The smallest absolute Gasteiger partial charge is 0.459 e. The van der Waals surface area contributed by atoms with Crippen molar-refractivity contribution in [3.05, 3.63) is 12.2 Å². The Morgan fingerprint density at radius 3 is 2.18 bits per heavy atom. The fraction of sp³-hybridized carbons (Fsp3) is 0.700. The van der Waals surface area contributed by atoms with Gasteiger partial charge in [0.25, 0.3) is 0 Å². The summed E-state index contributed by atoms with van der Waals surface area (Å²) in [6.45, 7) is 8.25. The average molecular weight is 266 g/mol. The fourth-order valence-corrected chi connectivity index (χ4v) is 1.67. The van der Waals surface area contributed by atoms with E-state index in [1.165, 1.54) is 0 Å². The van der Waals surface area contributed by atoms with Gasteiger partial charge in [0.15, 0.2) is 0 Å². The molecule has 0 aromatic heterocycles. The second kappa shape index (κ2) is 6.91. The third kappa shape index (κ3) is 9.06. The van der Waals surface area contributed by atoms with Crippen molar-refractivity contribution < 1.29 is 28.4 Å². The van der Waals surface area contributed by atoms with Crippen LogP contribution in [0.1, 0.15) is 33.6 Å². The van der Waals surface area contributed by atoms with Crippen molar-refractivity contribution in [3.8, 4) is 0 Å². The topological polar surface area (TPSA) is 93.1 Å². The summed E-state index contributed by atoms with van der Waals surface area (Å²) in [7, 11) is -4.45. The second-order valence-electron chi connectivity index (χ2n) is 3.98. The molecule has 2 atom stereocenters. The number of rotatable bonds is 7. The highest BCUT2D eigenvalue weighted by Gasteiger charge is 2.20. The number of esters is 1. The summed E-state index contributed by atoms with van der Waals surface area (Å²) in [4.78, 5) is 28.3. The van der Waals surface area contributed by atoms with Gasteiger partial charge in [-0.1, -0.05) is 6.58 Å². The van der Waals surface area contributed by atoms with Gasteiger partial charge in [-0.3, -0.25) is 4.52 Å². The van der Waals surface area contributed by atoms with Crippen LogP contribution in [-0.2, 0) is 18.6 Å². The lowest BCUT2D eigenvalue weighted by molar-refractivity contribution is -0.143. The Hall–Kier alpha value is -0.680. The number of hydrogen-bond donors (Lipinski definition) is 2. The van der Waals surface area contributed by atoms with Gasteiger partial charge in [-0.25, -0.2) is 9.36 Å². The molecule has 0 aromatic carbocycles. The third-order valence-corrected chi connectivity index (χ3v) is 2.59. The van der Waals surface area contributed by atoms with Crippen molar-refractivity contribution >= 4 is 13.8 Å². The van der Waals surface area contributed by atoms with Crippen LogP contribution in [0, 0.1) is 0 Å². The zero-order valence-electron chi connectivity index (χ0n) is 10.3. The van der Waals surface area contributed by atoms with Crippen molar-refractivity contribution in [2.45, 2.75) is 45.8 Å².